The second kappa shape index (κ2) is 9.01. The third kappa shape index (κ3) is 3.85. The van der Waals surface area contributed by atoms with Gasteiger partial charge in [-0.2, -0.15) is 0 Å². The van der Waals surface area contributed by atoms with Gasteiger partial charge in [0.1, 0.15) is 29.1 Å². The van der Waals surface area contributed by atoms with Gasteiger partial charge in [-0.1, -0.05) is 25.1 Å². The first-order valence-electron chi connectivity index (χ1n) is 10.3. The Hall–Kier alpha value is -4.00. The molecule has 1 atom stereocenters. The highest BCUT2D eigenvalue weighted by atomic mass is 16.5. The van der Waals surface area contributed by atoms with E-state index >= 15 is 0 Å². The van der Waals surface area contributed by atoms with Gasteiger partial charge in [0.2, 0.25) is 0 Å². The molecule has 164 valence electrons. The largest absolute Gasteiger partial charge is 0.507 e. The van der Waals surface area contributed by atoms with Crippen molar-refractivity contribution in [3.05, 3.63) is 83.8 Å². The maximum Gasteiger partial charge on any atom is 0.300 e. The van der Waals surface area contributed by atoms with Crippen LogP contribution in [0.5, 0.6) is 11.5 Å². The average Bonchev–Trinajstić information content (AvgIpc) is 3.44. The molecule has 0 spiro atoms. The number of aliphatic hydroxyl groups excluding tert-OH is 1. The molecule has 1 amide bonds. The van der Waals surface area contributed by atoms with Crippen LogP contribution in [0.2, 0.25) is 0 Å². The Balaban J connectivity index is 1.85. The first kappa shape index (κ1) is 21.2. The van der Waals surface area contributed by atoms with E-state index in [9.17, 15) is 14.7 Å². The molecule has 0 saturated carbocycles. The number of aliphatic hydroxyl groups is 1. The van der Waals surface area contributed by atoms with Gasteiger partial charge in [0.15, 0.2) is 0 Å². The van der Waals surface area contributed by atoms with Crippen molar-refractivity contribution in [2.45, 2.75) is 19.4 Å². The molecule has 1 unspecified atom stereocenters. The van der Waals surface area contributed by atoms with Crippen LogP contribution in [0.1, 0.15) is 30.7 Å². The van der Waals surface area contributed by atoms with Crippen LogP contribution < -0.4 is 14.4 Å². The minimum Gasteiger partial charge on any atom is -0.507 e. The number of benzene rings is 2. The van der Waals surface area contributed by atoms with Crippen LogP contribution in [0.4, 0.5) is 5.69 Å². The lowest BCUT2D eigenvalue weighted by Gasteiger charge is -2.23. The van der Waals surface area contributed by atoms with E-state index in [1.165, 1.54) is 18.3 Å². The average molecular weight is 433 g/mol. The van der Waals surface area contributed by atoms with E-state index in [1.807, 2.05) is 6.92 Å². The first-order chi connectivity index (χ1) is 15.5. The molecule has 1 N–H and O–H groups in total. The zero-order valence-electron chi connectivity index (χ0n) is 17.8. The van der Waals surface area contributed by atoms with E-state index in [2.05, 4.69) is 0 Å². The van der Waals surface area contributed by atoms with Crippen molar-refractivity contribution in [2.75, 3.05) is 18.6 Å². The van der Waals surface area contributed by atoms with Crippen molar-refractivity contribution >= 4 is 23.1 Å². The fourth-order valence-corrected chi connectivity index (χ4v) is 3.68. The molecule has 1 aliphatic heterocycles. The summed E-state index contributed by atoms with van der Waals surface area (Å²) in [6.45, 7) is 2.53. The number of amides is 1. The Bertz CT molecular complexity index is 1160. The molecule has 32 heavy (non-hydrogen) atoms. The van der Waals surface area contributed by atoms with Crippen LogP contribution in [0.3, 0.4) is 0 Å². The number of carbonyl (C=O) groups is 2. The maximum absolute atomic E-state index is 13.1. The number of ether oxygens (including phenoxy) is 2. The standard InChI is InChI=1S/C25H23NO6/c1-3-12-31-19-10-5-8-17(15-19)26-22(20-11-6-13-32-20)21(24(28)25(26)29)23(27)16-7-4-9-18(14-16)30-2/h4-11,13-15,22,27H,3,12H2,1-2H3/b23-21-. The van der Waals surface area contributed by atoms with Gasteiger partial charge in [0, 0.05) is 17.3 Å². The summed E-state index contributed by atoms with van der Waals surface area (Å²) in [6.07, 6.45) is 2.30. The normalized spacial score (nSPS) is 17.6. The summed E-state index contributed by atoms with van der Waals surface area (Å²) in [7, 11) is 1.51. The van der Waals surface area contributed by atoms with Gasteiger partial charge >= 0.3 is 0 Å². The van der Waals surface area contributed by atoms with Gasteiger partial charge in [0.05, 0.1) is 25.6 Å². The molecule has 1 aromatic heterocycles. The predicted molar refractivity (Wildman–Crippen MR) is 119 cm³/mol. The van der Waals surface area contributed by atoms with Gasteiger partial charge in [0.25, 0.3) is 11.7 Å². The van der Waals surface area contributed by atoms with Gasteiger partial charge in [-0.15, -0.1) is 0 Å². The van der Waals surface area contributed by atoms with Crippen LogP contribution in [0, 0.1) is 0 Å². The Labute approximate surface area is 185 Å². The lowest BCUT2D eigenvalue weighted by atomic mass is 9.99. The Morgan fingerprint density at radius 1 is 1.06 bits per heavy atom. The first-order valence-corrected chi connectivity index (χ1v) is 10.3. The Morgan fingerprint density at radius 3 is 2.56 bits per heavy atom. The van der Waals surface area contributed by atoms with Crippen LogP contribution >= 0.6 is 0 Å². The molecule has 3 aromatic rings. The molecule has 1 aliphatic rings. The summed E-state index contributed by atoms with van der Waals surface area (Å²) >= 11 is 0. The van der Waals surface area contributed by atoms with Crippen LogP contribution in [0.25, 0.3) is 5.76 Å². The highest BCUT2D eigenvalue weighted by molar-refractivity contribution is 6.51. The summed E-state index contributed by atoms with van der Waals surface area (Å²) in [4.78, 5) is 27.6. The van der Waals surface area contributed by atoms with Crippen molar-refractivity contribution in [1.82, 2.24) is 0 Å². The lowest BCUT2D eigenvalue weighted by molar-refractivity contribution is -0.132. The summed E-state index contributed by atoms with van der Waals surface area (Å²) in [5, 5.41) is 11.1. The van der Waals surface area contributed by atoms with Crippen molar-refractivity contribution in [3.63, 3.8) is 0 Å². The van der Waals surface area contributed by atoms with Crippen molar-refractivity contribution in [1.29, 1.82) is 0 Å². The van der Waals surface area contributed by atoms with E-state index in [0.717, 1.165) is 6.42 Å². The van der Waals surface area contributed by atoms with Gasteiger partial charge < -0.3 is 19.0 Å². The predicted octanol–water partition coefficient (Wildman–Crippen LogP) is 4.70. The topological polar surface area (TPSA) is 89.2 Å². The third-order valence-corrected chi connectivity index (χ3v) is 5.17. The lowest BCUT2D eigenvalue weighted by Crippen LogP contribution is -2.29. The number of carbonyl (C=O) groups excluding carboxylic acids is 2. The molecular weight excluding hydrogens is 410 g/mol. The smallest absolute Gasteiger partial charge is 0.300 e. The molecule has 0 radical (unpaired) electrons. The molecular formula is C25H23NO6. The highest BCUT2D eigenvalue weighted by Gasteiger charge is 2.48. The summed E-state index contributed by atoms with van der Waals surface area (Å²) in [5.74, 6) is -0.413. The second-order valence-corrected chi connectivity index (χ2v) is 7.26. The van der Waals surface area contributed by atoms with Crippen molar-refractivity contribution < 1.29 is 28.6 Å². The highest BCUT2D eigenvalue weighted by Crippen LogP contribution is 2.43. The number of nitrogens with zero attached hydrogens (tertiary/aromatic N) is 1. The number of hydrogen-bond donors (Lipinski definition) is 1. The molecule has 1 fully saturated rings. The molecule has 2 aromatic carbocycles. The number of rotatable bonds is 7. The Morgan fingerprint density at radius 2 is 1.84 bits per heavy atom. The molecule has 4 rings (SSSR count). The number of ketones is 1. The van der Waals surface area contributed by atoms with Crippen LogP contribution in [-0.4, -0.2) is 30.5 Å². The molecule has 7 heteroatoms. The Kier molecular flexibility index (Phi) is 5.98. The number of furan rings is 1. The number of anilines is 1. The maximum atomic E-state index is 13.1. The minimum absolute atomic E-state index is 0.0573. The van der Waals surface area contributed by atoms with E-state index in [1.54, 1.807) is 60.7 Å². The van der Waals surface area contributed by atoms with Crippen LogP contribution in [0.15, 0.2) is 76.9 Å². The van der Waals surface area contributed by atoms with Gasteiger partial charge in [-0.25, -0.2) is 0 Å². The summed E-state index contributed by atoms with van der Waals surface area (Å²) in [6, 6.07) is 16.0. The number of methoxy groups -OCH3 is 1. The van der Waals surface area contributed by atoms with E-state index in [-0.39, 0.29) is 11.3 Å². The number of hydrogen-bond acceptors (Lipinski definition) is 6. The molecule has 0 bridgehead atoms. The zero-order valence-corrected chi connectivity index (χ0v) is 17.8. The minimum atomic E-state index is -0.933. The van der Waals surface area contributed by atoms with E-state index in [0.29, 0.717) is 35.1 Å². The molecule has 2 heterocycles. The molecule has 7 nitrogen and oxygen atoms in total. The molecule has 0 aliphatic carbocycles. The fraction of sp³-hybridized carbons (Fsp3) is 0.200. The van der Waals surface area contributed by atoms with Gasteiger partial charge in [-0.3, -0.25) is 14.5 Å². The van der Waals surface area contributed by atoms with E-state index < -0.39 is 17.7 Å². The van der Waals surface area contributed by atoms with Crippen LogP contribution in [-0.2, 0) is 9.59 Å². The quantitative estimate of drug-likeness (QED) is 0.330. The summed E-state index contributed by atoms with van der Waals surface area (Å²) in [5.41, 5.74) is 0.767. The molecule has 1 saturated heterocycles. The van der Waals surface area contributed by atoms with Crippen molar-refractivity contribution in [3.8, 4) is 11.5 Å². The van der Waals surface area contributed by atoms with E-state index in [4.69, 9.17) is 13.9 Å². The van der Waals surface area contributed by atoms with Crippen molar-refractivity contribution in [2.24, 2.45) is 0 Å². The SMILES string of the molecule is CCCOc1cccc(N2C(=O)C(=O)/C(=C(\O)c3cccc(OC)c3)C2c2ccco2)c1. The zero-order chi connectivity index (χ0) is 22.7. The fourth-order valence-electron chi connectivity index (χ4n) is 3.68. The second-order valence-electron chi connectivity index (χ2n) is 7.26. The third-order valence-electron chi connectivity index (χ3n) is 5.17. The van der Waals surface area contributed by atoms with Gasteiger partial charge in [-0.05, 0) is 42.8 Å². The number of Topliss-reactive ketones (excluding diaryl/α,β-unsaturated/α-hetero) is 1. The monoisotopic (exact) mass is 433 g/mol. The summed E-state index contributed by atoms with van der Waals surface area (Å²) < 4.78 is 16.5.